The predicted octanol–water partition coefficient (Wildman–Crippen LogP) is 3.78. The number of hydrogen-bond donors (Lipinski definition) is 1. The molecule has 1 aromatic carbocycles. The molecule has 0 bridgehead atoms. The average Bonchev–Trinajstić information content (AvgIpc) is 2.27. The lowest BCUT2D eigenvalue weighted by Crippen LogP contribution is -2.26. The number of rotatable bonds is 2. The van der Waals surface area contributed by atoms with Gasteiger partial charge >= 0.3 is 0 Å². The minimum absolute atomic E-state index is 0.155. The van der Waals surface area contributed by atoms with E-state index in [9.17, 15) is 5.11 Å². The minimum Gasteiger partial charge on any atom is -0.489 e. The minimum atomic E-state index is -0.155. The molecule has 0 aliphatic heterocycles. The Morgan fingerprint density at radius 2 is 1.94 bits per heavy atom. The molecule has 1 aromatic rings. The Hall–Kier alpha value is -0.250. The Balaban J connectivity index is 2.00. The van der Waals surface area contributed by atoms with Crippen molar-refractivity contribution in [2.75, 3.05) is 0 Å². The van der Waals surface area contributed by atoms with Crippen molar-refractivity contribution >= 4 is 27.5 Å². The van der Waals surface area contributed by atoms with Gasteiger partial charge in [-0.25, -0.2) is 0 Å². The second kappa shape index (κ2) is 5.39. The molecule has 0 aromatic heterocycles. The Labute approximate surface area is 109 Å². The van der Waals surface area contributed by atoms with Crippen LogP contribution in [0.3, 0.4) is 0 Å². The first kappa shape index (κ1) is 12.2. The van der Waals surface area contributed by atoms with Crippen LogP contribution in [0, 0.1) is 0 Å². The molecule has 0 atom stereocenters. The number of benzene rings is 1. The van der Waals surface area contributed by atoms with Gasteiger partial charge < -0.3 is 9.84 Å². The molecule has 0 amide bonds. The molecule has 0 heterocycles. The zero-order valence-corrected chi connectivity index (χ0v) is 11.2. The van der Waals surface area contributed by atoms with Crippen LogP contribution < -0.4 is 4.74 Å². The van der Waals surface area contributed by atoms with Crippen molar-refractivity contribution in [2.45, 2.75) is 37.9 Å². The number of aliphatic hydroxyl groups is 1. The van der Waals surface area contributed by atoms with Crippen molar-refractivity contribution in [2.24, 2.45) is 0 Å². The van der Waals surface area contributed by atoms with Crippen molar-refractivity contribution < 1.29 is 9.84 Å². The summed E-state index contributed by atoms with van der Waals surface area (Å²) >= 11 is 9.44. The zero-order valence-electron chi connectivity index (χ0n) is 8.83. The fraction of sp³-hybridized carbons (Fsp3) is 0.500. The van der Waals surface area contributed by atoms with E-state index in [4.69, 9.17) is 16.3 Å². The lowest BCUT2D eigenvalue weighted by molar-refractivity contribution is 0.0666. The second-order valence-corrected chi connectivity index (χ2v) is 5.45. The third kappa shape index (κ3) is 3.12. The molecule has 2 nitrogen and oxygen atoms in total. The molecule has 0 spiro atoms. The number of aliphatic hydroxyl groups excluding tert-OH is 1. The van der Waals surface area contributed by atoms with Crippen LogP contribution in [0.4, 0.5) is 0 Å². The summed E-state index contributed by atoms with van der Waals surface area (Å²) in [6.45, 7) is 0. The van der Waals surface area contributed by atoms with Crippen LogP contribution in [0.1, 0.15) is 25.7 Å². The monoisotopic (exact) mass is 304 g/mol. The summed E-state index contributed by atoms with van der Waals surface area (Å²) in [6, 6.07) is 5.59. The van der Waals surface area contributed by atoms with Crippen molar-refractivity contribution in [1.29, 1.82) is 0 Å². The molecule has 1 aliphatic rings. The van der Waals surface area contributed by atoms with Crippen molar-refractivity contribution in [3.63, 3.8) is 0 Å². The van der Waals surface area contributed by atoms with Gasteiger partial charge in [0.05, 0.1) is 17.2 Å². The highest BCUT2D eigenvalue weighted by molar-refractivity contribution is 9.10. The molecule has 1 saturated carbocycles. The van der Waals surface area contributed by atoms with E-state index < -0.39 is 0 Å². The number of hydrogen-bond acceptors (Lipinski definition) is 2. The molecule has 2 rings (SSSR count). The van der Waals surface area contributed by atoms with Crippen molar-refractivity contribution in [1.82, 2.24) is 0 Å². The number of halogens is 2. The van der Waals surface area contributed by atoms with Crippen LogP contribution in [0.2, 0.25) is 5.02 Å². The second-order valence-electron chi connectivity index (χ2n) is 4.12. The van der Waals surface area contributed by atoms with Gasteiger partial charge in [-0.2, -0.15) is 0 Å². The van der Waals surface area contributed by atoms with E-state index in [1.165, 1.54) is 0 Å². The van der Waals surface area contributed by atoms with Crippen molar-refractivity contribution in [3.8, 4) is 5.75 Å². The van der Waals surface area contributed by atoms with E-state index >= 15 is 0 Å². The maximum Gasteiger partial charge on any atom is 0.139 e. The van der Waals surface area contributed by atoms with Gasteiger partial charge in [-0.1, -0.05) is 27.5 Å². The van der Waals surface area contributed by atoms with Gasteiger partial charge in [-0.3, -0.25) is 0 Å². The van der Waals surface area contributed by atoms with Gasteiger partial charge in [-0.15, -0.1) is 0 Å². The molecule has 0 radical (unpaired) electrons. The predicted molar refractivity (Wildman–Crippen MR) is 68.0 cm³/mol. The molecule has 16 heavy (non-hydrogen) atoms. The Morgan fingerprint density at radius 3 is 2.62 bits per heavy atom. The van der Waals surface area contributed by atoms with Crippen LogP contribution in [0.5, 0.6) is 5.75 Å². The molecule has 0 saturated heterocycles. The lowest BCUT2D eigenvalue weighted by atomic mass is 9.95. The third-order valence-corrected chi connectivity index (χ3v) is 3.64. The third-order valence-electron chi connectivity index (χ3n) is 2.83. The summed E-state index contributed by atoms with van der Waals surface area (Å²) in [5.41, 5.74) is 0. The van der Waals surface area contributed by atoms with Gasteiger partial charge in [-0.05, 0) is 43.9 Å². The number of ether oxygens (including phenoxy) is 1. The Bertz CT molecular complexity index is 362. The first-order chi connectivity index (χ1) is 7.65. The summed E-state index contributed by atoms with van der Waals surface area (Å²) in [6.07, 6.45) is 3.44. The SMILES string of the molecule is O[C@H]1CC[C@@H](Oc2cc(Br)ccc2Cl)CC1. The molecule has 88 valence electrons. The van der Waals surface area contributed by atoms with E-state index in [0.717, 1.165) is 35.9 Å². The largest absolute Gasteiger partial charge is 0.489 e. The van der Waals surface area contributed by atoms with Crippen LogP contribution in [0.25, 0.3) is 0 Å². The summed E-state index contributed by atoms with van der Waals surface area (Å²) in [5.74, 6) is 0.720. The molecule has 1 fully saturated rings. The highest BCUT2D eigenvalue weighted by Gasteiger charge is 2.21. The van der Waals surface area contributed by atoms with Crippen LogP contribution >= 0.6 is 27.5 Å². The standard InChI is InChI=1S/C12H14BrClO2/c13-8-1-6-11(14)12(7-8)16-10-4-2-9(15)3-5-10/h1,6-7,9-10,15H,2-5H2/t9-,10+. The van der Waals surface area contributed by atoms with Crippen molar-refractivity contribution in [3.05, 3.63) is 27.7 Å². The van der Waals surface area contributed by atoms with Crippen LogP contribution in [-0.2, 0) is 0 Å². The molecule has 1 N–H and O–H groups in total. The van der Waals surface area contributed by atoms with Gasteiger partial charge in [0.15, 0.2) is 0 Å². The van der Waals surface area contributed by atoms with E-state index in [-0.39, 0.29) is 12.2 Å². The van der Waals surface area contributed by atoms with Gasteiger partial charge in [0, 0.05) is 4.47 Å². The maximum absolute atomic E-state index is 9.40. The van der Waals surface area contributed by atoms with E-state index in [1.54, 1.807) is 0 Å². The van der Waals surface area contributed by atoms with E-state index in [2.05, 4.69) is 15.9 Å². The first-order valence-corrected chi connectivity index (χ1v) is 6.62. The quantitative estimate of drug-likeness (QED) is 0.901. The lowest BCUT2D eigenvalue weighted by Gasteiger charge is -2.26. The summed E-state index contributed by atoms with van der Waals surface area (Å²) < 4.78 is 6.80. The zero-order chi connectivity index (χ0) is 11.5. The topological polar surface area (TPSA) is 29.5 Å². The summed E-state index contributed by atoms with van der Waals surface area (Å²) in [7, 11) is 0. The Morgan fingerprint density at radius 1 is 1.25 bits per heavy atom. The maximum atomic E-state index is 9.40. The van der Waals surface area contributed by atoms with Gasteiger partial charge in [0.1, 0.15) is 5.75 Å². The molecule has 4 heteroatoms. The van der Waals surface area contributed by atoms with Gasteiger partial charge in [0.25, 0.3) is 0 Å². The highest BCUT2D eigenvalue weighted by Crippen LogP contribution is 2.31. The van der Waals surface area contributed by atoms with E-state index in [1.807, 2.05) is 18.2 Å². The smallest absolute Gasteiger partial charge is 0.139 e. The fourth-order valence-electron chi connectivity index (χ4n) is 1.91. The summed E-state index contributed by atoms with van der Waals surface area (Å²) in [4.78, 5) is 0. The first-order valence-electron chi connectivity index (χ1n) is 5.45. The molecular weight excluding hydrogens is 291 g/mol. The molecular formula is C12H14BrClO2. The summed E-state index contributed by atoms with van der Waals surface area (Å²) in [5, 5.41) is 10.0. The Kier molecular flexibility index (Phi) is 4.11. The normalized spacial score (nSPS) is 25.4. The fourth-order valence-corrected chi connectivity index (χ4v) is 2.41. The van der Waals surface area contributed by atoms with E-state index in [0.29, 0.717) is 5.02 Å². The van der Waals surface area contributed by atoms with Gasteiger partial charge in [0.2, 0.25) is 0 Å². The van der Waals surface area contributed by atoms with Crippen LogP contribution in [0.15, 0.2) is 22.7 Å². The average molecular weight is 306 g/mol. The highest BCUT2D eigenvalue weighted by atomic mass is 79.9. The molecule has 1 aliphatic carbocycles. The van der Waals surface area contributed by atoms with Crippen LogP contribution in [-0.4, -0.2) is 17.3 Å². The molecule has 0 unspecified atom stereocenters.